The van der Waals surface area contributed by atoms with Crippen LogP contribution >= 0.6 is 0 Å². The molecule has 0 aliphatic heterocycles. The maximum Gasteiger partial charge on any atom is 0.309 e. The molecule has 0 aliphatic rings. The number of aliphatic hydroxyl groups is 1. The Morgan fingerprint density at radius 1 is 1.39 bits per heavy atom. The van der Waals surface area contributed by atoms with Crippen molar-refractivity contribution in [2.45, 2.75) is 32.4 Å². The van der Waals surface area contributed by atoms with Crippen molar-refractivity contribution in [3.8, 4) is 0 Å². The monoisotopic (exact) mass is 254 g/mol. The molecule has 0 bridgehead atoms. The molecule has 3 N–H and O–H groups in total. The van der Waals surface area contributed by atoms with Crippen LogP contribution < -0.4 is 10.6 Å². The van der Waals surface area contributed by atoms with Crippen molar-refractivity contribution in [1.29, 1.82) is 0 Å². The molecule has 2 amide bonds. The number of carbonyl (C=O) groups excluding carboxylic acids is 2. The number of rotatable bonds is 5. The lowest BCUT2D eigenvalue weighted by atomic mass is 10.2. The minimum absolute atomic E-state index is 0.0861. The summed E-state index contributed by atoms with van der Waals surface area (Å²) < 4.78 is 5.01. The first-order valence-electron chi connectivity index (χ1n) is 5.81. The van der Waals surface area contributed by atoms with Crippen molar-refractivity contribution in [2.75, 3.05) is 6.54 Å². The Bertz CT molecular complexity index is 387. The Kier molecular flexibility index (Phi) is 5.38. The second-order valence-electron chi connectivity index (χ2n) is 4.20. The second-order valence-corrected chi connectivity index (χ2v) is 4.20. The quantitative estimate of drug-likeness (QED) is 0.661. The largest absolute Gasteiger partial charge is 0.467 e. The van der Waals surface area contributed by atoms with Gasteiger partial charge < -0.3 is 20.2 Å². The molecule has 100 valence electrons. The van der Waals surface area contributed by atoms with Crippen LogP contribution in [0.25, 0.3) is 0 Å². The predicted molar refractivity (Wildman–Crippen MR) is 64.6 cm³/mol. The smallest absolute Gasteiger partial charge is 0.309 e. The van der Waals surface area contributed by atoms with Crippen LogP contribution in [0.3, 0.4) is 0 Å². The topological polar surface area (TPSA) is 91.6 Å². The number of furan rings is 1. The predicted octanol–water partition coefficient (Wildman–Crippen LogP) is 0.344. The lowest BCUT2D eigenvalue weighted by molar-refractivity contribution is -0.139. The Morgan fingerprint density at radius 3 is 2.67 bits per heavy atom. The molecule has 0 fully saturated rings. The van der Waals surface area contributed by atoms with Gasteiger partial charge in [-0.25, -0.2) is 0 Å². The molecule has 1 aromatic rings. The van der Waals surface area contributed by atoms with Crippen LogP contribution in [0.5, 0.6) is 0 Å². The fourth-order valence-electron chi connectivity index (χ4n) is 1.35. The zero-order valence-corrected chi connectivity index (χ0v) is 10.5. The highest BCUT2D eigenvalue weighted by atomic mass is 16.4. The van der Waals surface area contributed by atoms with Gasteiger partial charge in [0, 0.05) is 12.6 Å². The third-order valence-electron chi connectivity index (χ3n) is 2.20. The van der Waals surface area contributed by atoms with Gasteiger partial charge in [-0.1, -0.05) is 0 Å². The van der Waals surface area contributed by atoms with E-state index in [1.165, 1.54) is 6.26 Å². The van der Waals surface area contributed by atoms with Crippen molar-refractivity contribution in [3.63, 3.8) is 0 Å². The fraction of sp³-hybridized carbons (Fsp3) is 0.500. The highest BCUT2D eigenvalue weighted by molar-refractivity contribution is 6.35. The second kappa shape index (κ2) is 6.80. The minimum Gasteiger partial charge on any atom is -0.467 e. The van der Waals surface area contributed by atoms with Crippen molar-refractivity contribution in [2.24, 2.45) is 0 Å². The summed E-state index contributed by atoms with van der Waals surface area (Å²) >= 11 is 0. The van der Waals surface area contributed by atoms with Gasteiger partial charge in [0.1, 0.15) is 11.9 Å². The van der Waals surface area contributed by atoms with Crippen molar-refractivity contribution in [3.05, 3.63) is 24.2 Å². The Labute approximate surface area is 105 Å². The van der Waals surface area contributed by atoms with E-state index in [4.69, 9.17) is 4.42 Å². The number of hydrogen-bond acceptors (Lipinski definition) is 4. The normalized spacial score (nSPS) is 12.2. The van der Waals surface area contributed by atoms with E-state index in [1.54, 1.807) is 26.0 Å². The summed E-state index contributed by atoms with van der Waals surface area (Å²) in [6, 6.07) is 3.24. The van der Waals surface area contributed by atoms with Crippen LogP contribution in [-0.4, -0.2) is 29.5 Å². The van der Waals surface area contributed by atoms with E-state index in [0.717, 1.165) is 0 Å². The van der Waals surface area contributed by atoms with Gasteiger partial charge in [0.15, 0.2) is 0 Å². The molecule has 18 heavy (non-hydrogen) atoms. The van der Waals surface area contributed by atoms with E-state index in [1.807, 2.05) is 0 Å². The molecule has 0 aromatic carbocycles. The standard InChI is InChI=1S/C12H18N2O4/c1-8(2)14-12(17)11(16)13-6-5-9(15)10-4-3-7-18-10/h3-4,7-9,15H,5-6H2,1-2H3,(H,13,16)(H,14,17). The molecule has 1 unspecified atom stereocenters. The summed E-state index contributed by atoms with van der Waals surface area (Å²) in [5, 5.41) is 14.6. The van der Waals surface area contributed by atoms with Gasteiger partial charge in [0.05, 0.1) is 6.26 Å². The Hall–Kier alpha value is -1.82. The zero-order chi connectivity index (χ0) is 13.5. The SMILES string of the molecule is CC(C)NC(=O)C(=O)NCCC(O)c1ccco1. The first-order chi connectivity index (χ1) is 8.50. The van der Waals surface area contributed by atoms with Crippen molar-refractivity contribution >= 4 is 11.8 Å². The molecule has 0 spiro atoms. The van der Waals surface area contributed by atoms with E-state index in [-0.39, 0.29) is 19.0 Å². The summed E-state index contributed by atoms with van der Waals surface area (Å²) in [5.74, 6) is -0.927. The van der Waals surface area contributed by atoms with Crippen LogP contribution in [0.4, 0.5) is 0 Å². The zero-order valence-electron chi connectivity index (χ0n) is 10.5. The molecule has 0 saturated carbocycles. The number of nitrogens with one attached hydrogen (secondary N) is 2. The fourth-order valence-corrected chi connectivity index (χ4v) is 1.35. The lowest BCUT2D eigenvalue weighted by Gasteiger charge is -2.10. The van der Waals surface area contributed by atoms with E-state index < -0.39 is 17.9 Å². The summed E-state index contributed by atoms with van der Waals surface area (Å²) in [5.41, 5.74) is 0. The van der Waals surface area contributed by atoms with Crippen LogP contribution in [0.15, 0.2) is 22.8 Å². The number of amides is 2. The molecule has 0 radical (unpaired) electrons. The summed E-state index contributed by atoms with van der Waals surface area (Å²) in [6.07, 6.45) is 0.968. The van der Waals surface area contributed by atoms with Crippen LogP contribution in [0.1, 0.15) is 32.1 Å². The number of carbonyl (C=O) groups is 2. The Balaban J connectivity index is 2.25. The summed E-state index contributed by atoms with van der Waals surface area (Å²) in [4.78, 5) is 22.6. The van der Waals surface area contributed by atoms with E-state index in [2.05, 4.69) is 10.6 Å². The first kappa shape index (κ1) is 14.2. The van der Waals surface area contributed by atoms with Gasteiger partial charge in [-0.2, -0.15) is 0 Å². The summed E-state index contributed by atoms with van der Waals surface area (Å²) in [6.45, 7) is 3.74. The third-order valence-corrected chi connectivity index (χ3v) is 2.20. The van der Waals surface area contributed by atoms with Gasteiger partial charge >= 0.3 is 11.8 Å². The first-order valence-corrected chi connectivity index (χ1v) is 5.81. The van der Waals surface area contributed by atoms with Gasteiger partial charge in [0.2, 0.25) is 0 Å². The van der Waals surface area contributed by atoms with E-state index in [0.29, 0.717) is 5.76 Å². The molecule has 1 rings (SSSR count). The average Bonchev–Trinajstić information content (AvgIpc) is 2.81. The van der Waals surface area contributed by atoms with Crippen LogP contribution in [0, 0.1) is 0 Å². The average molecular weight is 254 g/mol. The highest BCUT2D eigenvalue weighted by Gasteiger charge is 2.15. The van der Waals surface area contributed by atoms with Crippen LogP contribution in [-0.2, 0) is 9.59 Å². The molecular weight excluding hydrogens is 236 g/mol. The van der Waals surface area contributed by atoms with Gasteiger partial charge in [-0.15, -0.1) is 0 Å². The van der Waals surface area contributed by atoms with E-state index in [9.17, 15) is 14.7 Å². The molecule has 0 saturated heterocycles. The number of aliphatic hydroxyl groups excluding tert-OH is 1. The van der Waals surface area contributed by atoms with Crippen molar-refractivity contribution < 1.29 is 19.1 Å². The van der Waals surface area contributed by atoms with E-state index >= 15 is 0 Å². The lowest BCUT2D eigenvalue weighted by Crippen LogP contribution is -2.43. The molecule has 6 nitrogen and oxygen atoms in total. The minimum atomic E-state index is -0.784. The van der Waals surface area contributed by atoms with Crippen molar-refractivity contribution in [1.82, 2.24) is 10.6 Å². The third kappa shape index (κ3) is 4.58. The molecule has 1 atom stereocenters. The van der Waals surface area contributed by atoms with Gasteiger partial charge in [0.25, 0.3) is 0 Å². The maximum absolute atomic E-state index is 11.3. The summed E-state index contributed by atoms with van der Waals surface area (Å²) in [7, 11) is 0. The van der Waals surface area contributed by atoms with Gasteiger partial charge in [-0.3, -0.25) is 9.59 Å². The Morgan fingerprint density at radius 2 is 2.11 bits per heavy atom. The molecule has 0 aliphatic carbocycles. The molecule has 1 heterocycles. The number of hydrogen-bond donors (Lipinski definition) is 3. The molecular formula is C12H18N2O4. The van der Waals surface area contributed by atoms with Gasteiger partial charge in [-0.05, 0) is 32.4 Å². The highest BCUT2D eigenvalue weighted by Crippen LogP contribution is 2.15. The molecule has 6 heteroatoms. The van der Waals surface area contributed by atoms with Crippen LogP contribution in [0.2, 0.25) is 0 Å². The maximum atomic E-state index is 11.3. The molecule has 1 aromatic heterocycles.